The van der Waals surface area contributed by atoms with Gasteiger partial charge in [0, 0.05) is 17.1 Å². The molecule has 0 saturated carbocycles. The molecule has 0 fully saturated rings. The molecule has 26 valence electrons. The first kappa shape index (κ1) is 16.1. The van der Waals surface area contributed by atoms with Gasteiger partial charge in [-0.2, -0.15) is 5.26 Å². The van der Waals surface area contributed by atoms with Crippen molar-refractivity contribution < 1.29 is 22.2 Å². The van der Waals surface area contributed by atoms with E-state index in [2.05, 4.69) is 0 Å². The van der Waals surface area contributed by atoms with E-state index < -0.39 is 0 Å². The maximum absolute atomic E-state index is 6.88. The molecule has 0 aromatic carbocycles. The molecule has 5 heavy (non-hydrogen) atoms. The second kappa shape index (κ2) is 18.0. The third-order valence-electron chi connectivity index (χ3n) is 0. The summed E-state index contributed by atoms with van der Waals surface area (Å²) < 4.78 is 0. The van der Waals surface area contributed by atoms with Gasteiger partial charge in [-0.05, 0) is 0 Å². The molecule has 0 bridgehead atoms. The molecule has 0 aliphatic carbocycles. The van der Waals surface area contributed by atoms with Gasteiger partial charge in [0.25, 0.3) is 6.26 Å². The van der Waals surface area contributed by atoms with Gasteiger partial charge in [0.15, 0.2) is 0 Å². The summed E-state index contributed by atoms with van der Waals surface area (Å²) in [4.78, 5) is 0. The topological polar surface area (TPSA) is 44.0 Å². The van der Waals surface area contributed by atoms with Crippen LogP contribution in [0.25, 0.3) is 0 Å². The monoisotopic (exact) mass is 139 g/mol. The Labute approximate surface area is 83.4 Å². The molecule has 0 saturated heterocycles. The van der Waals surface area contributed by atoms with Gasteiger partial charge in [-0.1, -0.05) is 0 Å². The van der Waals surface area contributed by atoms with Gasteiger partial charge in [0.2, 0.25) is 0 Å². The van der Waals surface area contributed by atoms with E-state index in [1.54, 1.807) is 0 Å². The number of rotatable bonds is 0. The molecule has 0 amide bonds. The predicted molar refractivity (Wildman–Crippen MR) is 14.7 cm³/mol. The Morgan fingerprint density at radius 2 is 1.60 bits per heavy atom. The summed E-state index contributed by atoms with van der Waals surface area (Å²) in [5, 5.41) is 13.8. The molecule has 0 unspecified atom stereocenters. The minimum absolute atomic E-state index is 0. The van der Waals surface area contributed by atoms with Crippen LogP contribution in [0.5, 0.6) is 0 Å². The van der Waals surface area contributed by atoms with Crippen LogP contribution in [0.4, 0.5) is 0 Å². The third-order valence-corrected chi connectivity index (χ3v) is 0. The zero-order valence-corrected chi connectivity index (χ0v) is 2.85. The first-order chi connectivity index (χ1) is 1.41. The summed E-state index contributed by atoms with van der Waals surface area (Å²) in [6, 6.07) is 0. The summed E-state index contributed by atoms with van der Waals surface area (Å²) in [6.07, 6.45) is 0.750. The average molecular weight is 139 g/mol. The Morgan fingerprint density at radius 3 is 1.60 bits per heavy atom. The van der Waals surface area contributed by atoms with Crippen molar-refractivity contribution in [2.75, 3.05) is 0 Å². The van der Waals surface area contributed by atoms with E-state index in [1.165, 1.54) is 0 Å². The Hall–Kier alpha value is 1.45. The Morgan fingerprint density at radius 1 is 1.60 bits per heavy atom. The summed E-state index contributed by atoms with van der Waals surface area (Å²) in [7, 11) is 0. The van der Waals surface area contributed by atoms with Crippen LogP contribution in [0.2, 0.25) is 0 Å². The van der Waals surface area contributed by atoms with Crippen molar-refractivity contribution in [2.24, 2.45) is 0 Å². The van der Waals surface area contributed by atoms with E-state index in [-0.39, 0.29) is 68.5 Å². The van der Waals surface area contributed by atoms with E-state index in [9.17, 15) is 0 Å². The van der Waals surface area contributed by atoms with Crippen molar-refractivity contribution in [3.63, 3.8) is 0 Å². The van der Waals surface area contributed by atoms with Gasteiger partial charge in [-0.15, -0.1) is 0 Å². The van der Waals surface area contributed by atoms with Gasteiger partial charge < -0.3 is 5.11 Å². The number of hydrogen-bond donors (Lipinski definition) is 1. The standard InChI is InChI=1S/CHNO.Fe.K.H/c2-1-3;;;/h3H;;;. The van der Waals surface area contributed by atoms with Crippen LogP contribution >= 0.6 is 0 Å². The fourth-order valence-electron chi connectivity index (χ4n) is 0. The number of nitriles is 1. The first-order valence-corrected chi connectivity index (χ1v) is 0.447. The molecule has 2 nitrogen and oxygen atoms in total. The summed E-state index contributed by atoms with van der Waals surface area (Å²) in [5.74, 6) is 0. The molecule has 0 spiro atoms. The molecule has 0 atom stereocenters. The predicted octanol–water partition coefficient (Wildman–Crippen LogP) is -0.811. The quantitative estimate of drug-likeness (QED) is 0.352. The van der Waals surface area contributed by atoms with E-state index >= 15 is 0 Å². The van der Waals surface area contributed by atoms with E-state index in [0.717, 1.165) is 6.26 Å². The molecule has 0 heterocycles. The maximum atomic E-state index is 6.88. The van der Waals surface area contributed by atoms with Gasteiger partial charge >= 0.3 is 51.4 Å². The van der Waals surface area contributed by atoms with E-state index in [1.807, 2.05) is 0 Å². The van der Waals surface area contributed by atoms with Crippen LogP contribution < -0.4 is 0 Å². The molecule has 0 rings (SSSR count). The minimum atomic E-state index is 0. The zero-order valence-electron chi connectivity index (χ0n) is 1.75. The first-order valence-electron chi connectivity index (χ1n) is 0.447. The van der Waals surface area contributed by atoms with Gasteiger partial charge in [0.05, 0.1) is 0 Å². The molecule has 0 radical (unpaired) electrons. The third kappa shape index (κ3) is 30.9. The fourth-order valence-corrected chi connectivity index (χ4v) is 0. The van der Waals surface area contributed by atoms with Crippen molar-refractivity contribution in [3.8, 4) is 6.26 Å². The molecule has 0 aromatic rings. The van der Waals surface area contributed by atoms with Gasteiger partial charge in [0.1, 0.15) is 0 Å². The Balaban J connectivity index is -0.0000000200. The molecule has 1 N–H and O–H groups in total. The molecule has 4 heteroatoms. The van der Waals surface area contributed by atoms with Crippen molar-refractivity contribution in [3.05, 3.63) is 0 Å². The second-order valence-corrected chi connectivity index (χ2v) is 0.100. The SMILES string of the molecule is N#CO.[Fe].[KH]. The average Bonchev–Trinajstić information content (AvgIpc) is 0.918. The van der Waals surface area contributed by atoms with Crippen LogP contribution in [0.3, 0.4) is 0 Å². The van der Waals surface area contributed by atoms with Crippen LogP contribution in [-0.4, -0.2) is 56.5 Å². The Bertz CT molecular complexity index is 33.1. The second-order valence-electron chi connectivity index (χ2n) is 0.100. The molecule has 0 aliphatic heterocycles. The van der Waals surface area contributed by atoms with Crippen molar-refractivity contribution in [1.82, 2.24) is 0 Å². The fraction of sp³-hybridized carbons (Fsp3) is 0. The number of hydrogen-bond acceptors (Lipinski definition) is 2. The van der Waals surface area contributed by atoms with Crippen LogP contribution in [0, 0.1) is 11.5 Å². The zero-order chi connectivity index (χ0) is 2.71. The normalized spacial score (nSPS) is 1.40. The van der Waals surface area contributed by atoms with Crippen LogP contribution in [0.15, 0.2) is 0 Å². The number of aliphatic hydroxyl groups excluding tert-OH is 1. The molecule has 0 aromatic heterocycles. The van der Waals surface area contributed by atoms with E-state index in [4.69, 9.17) is 10.4 Å². The van der Waals surface area contributed by atoms with Gasteiger partial charge in [-0.25, -0.2) is 0 Å². The molecule has 0 aliphatic rings. The van der Waals surface area contributed by atoms with Gasteiger partial charge in [-0.3, -0.25) is 0 Å². The number of nitrogens with zero attached hydrogens (tertiary/aromatic N) is 1. The van der Waals surface area contributed by atoms with Crippen LogP contribution in [0.1, 0.15) is 0 Å². The molecular formula is CH2FeKNO. The van der Waals surface area contributed by atoms with Crippen molar-refractivity contribution in [1.29, 1.82) is 5.26 Å². The number of aliphatic hydroxyl groups is 1. The summed E-state index contributed by atoms with van der Waals surface area (Å²) in [6.45, 7) is 0. The molecular weight excluding hydrogens is 137 g/mol. The summed E-state index contributed by atoms with van der Waals surface area (Å²) >= 11 is 0. The van der Waals surface area contributed by atoms with Crippen molar-refractivity contribution >= 4 is 51.4 Å². The van der Waals surface area contributed by atoms with E-state index in [0.29, 0.717) is 0 Å². The van der Waals surface area contributed by atoms with Crippen LogP contribution in [-0.2, 0) is 17.1 Å². The summed E-state index contributed by atoms with van der Waals surface area (Å²) in [5.41, 5.74) is 0. The Kier molecular flexibility index (Phi) is 57.9. The van der Waals surface area contributed by atoms with Crippen molar-refractivity contribution in [2.45, 2.75) is 0 Å².